The van der Waals surface area contributed by atoms with Gasteiger partial charge in [0.15, 0.2) is 0 Å². The van der Waals surface area contributed by atoms with E-state index in [1.54, 1.807) is 23.2 Å². The van der Waals surface area contributed by atoms with E-state index >= 15 is 0 Å². The van der Waals surface area contributed by atoms with Gasteiger partial charge in [-0.3, -0.25) is 14.4 Å². The van der Waals surface area contributed by atoms with Crippen molar-refractivity contribution in [2.75, 3.05) is 13.1 Å². The summed E-state index contributed by atoms with van der Waals surface area (Å²) in [6.45, 7) is 4.94. The van der Waals surface area contributed by atoms with Gasteiger partial charge in [-0.15, -0.1) is 0 Å². The molecule has 1 aliphatic heterocycles. The van der Waals surface area contributed by atoms with Crippen LogP contribution < -0.4 is 10.9 Å². The summed E-state index contributed by atoms with van der Waals surface area (Å²) >= 11 is 0. The Labute approximate surface area is 158 Å². The lowest BCUT2D eigenvalue weighted by molar-refractivity contribution is -0.130. The predicted octanol–water partition coefficient (Wildman–Crippen LogP) is 1.68. The van der Waals surface area contributed by atoms with Crippen molar-refractivity contribution in [3.05, 3.63) is 70.1 Å². The van der Waals surface area contributed by atoms with Gasteiger partial charge >= 0.3 is 0 Å². The number of aromatic nitrogens is 1. The maximum absolute atomic E-state index is 12.7. The van der Waals surface area contributed by atoms with Gasteiger partial charge in [0.1, 0.15) is 0 Å². The van der Waals surface area contributed by atoms with Gasteiger partial charge in [-0.25, -0.2) is 0 Å². The van der Waals surface area contributed by atoms with Crippen LogP contribution in [0.15, 0.2) is 53.5 Å². The number of rotatable bonds is 5. The largest absolute Gasteiger partial charge is 0.351 e. The van der Waals surface area contributed by atoms with E-state index in [-0.39, 0.29) is 35.8 Å². The van der Waals surface area contributed by atoms with Crippen molar-refractivity contribution in [2.24, 2.45) is 0 Å². The van der Waals surface area contributed by atoms with Crippen LogP contribution in [0.2, 0.25) is 0 Å². The number of amides is 2. The maximum atomic E-state index is 12.7. The topological polar surface area (TPSA) is 71.4 Å². The summed E-state index contributed by atoms with van der Waals surface area (Å²) in [5.74, 6) is -0.0316. The van der Waals surface area contributed by atoms with Crippen molar-refractivity contribution in [1.29, 1.82) is 0 Å². The molecule has 1 fully saturated rings. The molecule has 142 valence electrons. The molecule has 2 heterocycles. The molecule has 0 aliphatic carbocycles. The SMILES string of the molecule is CC(=O)N[C@H]1CN(C(=O)CCn2ccccc2=O)C[C@@H]1c1ccc(C)cc1. The second kappa shape index (κ2) is 8.20. The Morgan fingerprint density at radius 3 is 2.52 bits per heavy atom. The van der Waals surface area contributed by atoms with Crippen LogP contribution in [0.25, 0.3) is 0 Å². The fourth-order valence-electron chi connectivity index (χ4n) is 3.59. The second-order valence-corrected chi connectivity index (χ2v) is 7.11. The van der Waals surface area contributed by atoms with Gasteiger partial charge in [0.25, 0.3) is 5.56 Å². The second-order valence-electron chi connectivity index (χ2n) is 7.11. The van der Waals surface area contributed by atoms with Gasteiger partial charge < -0.3 is 14.8 Å². The number of nitrogens with zero attached hydrogens (tertiary/aromatic N) is 2. The lowest BCUT2D eigenvalue weighted by atomic mass is 9.93. The molecule has 1 aromatic carbocycles. The summed E-state index contributed by atoms with van der Waals surface area (Å²) in [7, 11) is 0. The molecule has 2 amide bonds. The van der Waals surface area contributed by atoms with E-state index in [4.69, 9.17) is 0 Å². The molecular formula is C21H25N3O3. The highest BCUT2D eigenvalue weighted by Gasteiger charge is 2.36. The molecular weight excluding hydrogens is 342 g/mol. The molecule has 6 nitrogen and oxygen atoms in total. The maximum Gasteiger partial charge on any atom is 0.250 e. The molecule has 0 radical (unpaired) electrons. The molecule has 0 saturated carbocycles. The minimum Gasteiger partial charge on any atom is -0.351 e. The Hall–Kier alpha value is -2.89. The Morgan fingerprint density at radius 2 is 1.85 bits per heavy atom. The van der Waals surface area contributed by atoms with E-state index in [0.717, 1.165) is 5.56 Å². The first kappa shape index (κ1) is 18.9. The quantitative estimate of drug-likeness (QED) is 0.874. The lowest BCUT2D eigenvalue weighted by Crippen LogP contribution is -2.39. The fourth-order valence-corrected chi connectivity index (χ4v) is 3.59. The third kappa shape index (κ3) is 4.64. The van der Waals surface area contributed by atoms with Crippen molar-refractivity contribution in [1.82, 2.24) is 14.8 Å². The molecule has 1 saturated heterocycles. The average molecular weight is 367 g/mol. The van der Waals surface area contributed by atoms with Crippen molar-refractivity contribution in [3.8, 4) is 0 Å². The number of carbonyl (C=O) groups excluding carboxylic acids is 2. The molecule has 0 unspecified atom stereocenters. The van der Waals surface area contributed by atoms with Crippen molar-refractivity contribution < 1.29 is 9.59 Å². The van der Waals surface area contributed by atoms with Gasteiger partial charge in [0.2, 0.25) is 11.8 Å². The zero-order valence-corrected chi connectivity index (χ0v) is 15.7. The van der Waals surface area contributed by atoms with Crippen molar-refractivity contribution in [2.45, 2.75) is 38.8 Å². The van der Waals surface area contributed by atoms with E-state index in [1.165, 1.54) is 23.1 Å². The number of hydrogen-bond donors (Lipinski definition) is 1. The van der Waals surface area contributed by atoms with Crippen LogP contribution in [0, 0.1) is 6.92 Å². The first-order chi connectivity index (χ1) is 12.9. The van der Waals surface area contributed by atoms with Gasteiger partial charge in [-0.1, -0.05) is 35.9 Å². The number of aryl methyl sites for hydroxylation is 2. The summed E-state index contributed by atoms with van der Waals surface area (Å²) in [5.41, 5.74) is 2.18. The molecule has 0 bridgehead atoms. The third-order valence-electron chi connectivity index (χ3n) is 5.03. The smallest absolute Gasteiger partial charge is 0.250 e. The molecule has 2 aromatic rings. The Morgan fingerprint density at radius 1 is 1.11 bits per heavy atom. The van der Waals surface area contributed by atoms with Crippen LogP contribution in [0.1, 0.15) is 30.4 Å². The number of likely N-dealkylation sites (tertiary alicyclic amines) is 1. The van der Waals surface area contributed by atoms with Gasteiger partial charge in [-0.2, -0.15) is 0 Å². The summed E-state index contributed by atoms with van der Waals surface area (Å²) in [5, 5.41) is 2.98. The molecule has 6 heteroatoms. The summed E-state index contributed by atoms with van der Waals surface area (Å²) in [6, 6.07) is 13.1. The molecule has 2 atom stereocenters. The zero-order chi connectivity index (χ0) is 19.4. The number of pyridine rings is 1. The predicted molar refractivity (Wildman–Crippen MR) is 103 cm³/mol. The summed E-state index contributed by atoms with van der Waals surface area (Å²) in [6.07, 6.45) is 1.95. The normalized spacial score (nSPS) is 19.1. The standard InChI is InChI=1S/C21H25N3O3/c1-15-6-8-17(9-7-15)18-13-24(14-19(18)22-16(2)25)21(27)10-12-23-11-4-3-5-20(23)26/h3-9,11,18-19H,10,12-14H2,1-2H3,(H,22,25)/t18-,19+/m1/s1. The molecule has 1 aromatic heterocycles. The highest BCUT2D eigenvalue weighted by molar-refractivity contribution is 5.77. The summed E-state index contributed by atoms with van der Waals surface area (Å²) < 4.78 is 1.54. The van der Waals surface area contributed by atoms with Crippen LogP contribution in [0.4, 0.5) is 0 Å². The van der Waals surface area contributed by atoms with E-state index in [9.17, 15) is 14.4 Å². The zero-order valence-electron chi connectivity index (χ0n) is 15.7. The highest BCUT2D eigenvalue weighted by Crippen LogP contribution is 2.28. The molecule has 1 N–H and O–H groups in total. The van der Waals surface area contributed by atoms with Crippen LogP contribution in [-0.4, -0.2) is 40.4 Å². The third-order valence-corrected chi connectivity index (χ3v) is 5.03. The van der Waals surface area contributed by atoms with Crippen molar-refractivity contribution in [3.63, 3.8) is 0 Å². The van der Waals surface area contributed by atoms with E-state index < -0.39 is 0 Å². The molecule has 1 aliphatic rings. The molecule has 0 spiro atoms. The van der Waals surface area contributed by atoms with Crippen LogP contribution in [0.3, 0.4) is 0 Å². The first-order valence-electron chi connectivity index (χ1n) is 9.21. The van der Waals surface area contributed by atoms with Gasteiger partial charge in [-0.05, 0) is 18.6 Å². The highest BCUT2D eigenvalue weighted by atomic mass is 16.2. The average Bonchev–Trinajstić information content (AvgIpc) is 3.04. The monoisotopic (exact) mass is 367 g/mol. The first-order valence-corrected chi connectivity index (χ1v) is 9.21. The molecule has 3 rings (SSSR count). The number of hydrogen-bond acceptors (Lipinski definition) is 3. The van der Waals surface area contributed by atoms with Gasteiger partial charge in [0.05, 0.1) is 6.04 Å². The number of nitrogens with one attached hydrogen (secondary N) is 1. The minimum absolute atomic E-state index is 0.00397. The van der Waals surface area contributed by atoms with Gasteiger partial charge in [0, 0.05) is 51.2 Å². The van der Waals surface area contributed by atoms with Crippen LogP contribution >= 0.6 is 0 Å². The van der Waals surface area contributed by atoms with Crippen LogP contribution in [0.5, 0.6) is 0 Å². The number of benzene rings is 1. The van der Waals surface area contributed by atoms with E-state index in [2.05, 4.69) is 17.4 Å². The van der Waals surface area contributed by atoms with Crippen LogP contribution in [-0.2, 0) is 16.1 Å². The van der Waals surface area contributed by atoms with E-state index in [0.29, 0.717) is 19.6 Å². The Bertz CT molecular complexity index is 873. The number of carbonyl (C=O) groups is 2. The Kier molecular flexibility index (Phi) is 5.74. The van der Waals surface area contributed by atoms with E-state index in [1.807, 2.05) is 19.1 Å². The minimum atomic E-state index is -0.111. The fraction of sp³-hybridized carbons (Fsp3) is 0.381. The summed E-state index contributed by atoms with van der Waals surface area (Å²) in [4.78, 5) is 37.9. The lowest BCUT2D eigenvalue weighted by Gasteiger charge is -2.19. The Balaban J connectivity index is 1.69. The van der Waals surface area contributed by atoms with Crippen molar-refractivity contribution >= 4 is 11.8 Å². The molecule has 27 heavy (non-hydrogen) atoms.